The highest BCUT2D eigenvalue weighted by atomic mass is 32.2. The fourth-order valence-electron chi connectivity index (χ4n) is 2.74. The summed E-state index contributed by atoms with van der Waals surface area (Å²) >= 11 is 1.08. The standard InChI is InChI=1S/C20H28N4O4S/c1-4-9-28-16-8-7-14(10-15(16)13-24(5-2)6-3)12-21-23-20-22-19(27)17(29-20)11-18(25)26/h7-8,10,12,17H,4-6,9,11,13H2,1-3H3,(H,25,26)(H,22,23,27). The van der Waals surface area contributed by atoms with Crippen LogP contribution < -0.4 is 10.1 Å². The Labute approximate surface area is 175 Å². The number of hydrogen-bond acceptors (Lipinski definition) is 7. The molecular formula is C20H28N4O4S. The molecule has 29 heavy (non-hydrogen) atoms. The normalized spacial score (nSPS) is 18.0. The van der Waals surface area contributed by atoms with Gasteiger partial charge < -0.3 is 15.2 Å². The van der Waals surface area contributed by atoms with E-state index in [0.29, 0.717) is 11.8 Å². The lowest BCUT2D eigenvalue weighted by atomic mass is 10.1. The van der Waals surface area contributed by atoms with E-state index in [1.165, 1.54) is 0 Å². The van der Waals surface area contributed by atoms with Crippen molar-refractivity contribution < 1.29 is 19.4 Å². The maximum atomic E-state index is 11.7. The minimum atomic E-state index is -1.02. The number of rotatable bonds is 11. The Morgan fingerprint density at radius 2 is 2.10 bits per heavy atom. The molecule has 2 N–H and O–H groups in total. The molecule has 1 heterocycles. The summed E-state index contributed by atoms with van der Waals surface area (Å²) in [6, 6.07) is 5.88. The van der Waals surface area contributed by atoms with Gasteiger partial charge in [0.2, 0.25) is 5.91 Å². The fraction of sp³-hybridized carbons (Fsp3) is 0.500. The van der Waals surface area contributed by atoms with Crippen molar-refractivity contribution in [3.63, 3.8) is 0 Å². The molecule has 1 aliphatic heterocycles. The van der Waals surface area contributed by atoms with Gasteiger partial charge in [0.25, 0.3) is 0 Å². The highest BCUT2D eigenvalue weighted by molar-refractivity contribution is 8.15. The number of nitrogens with zero attached hydrogens (tertiary/aromatic N) is 3. The van der Waals surface area contributed by atoms with E-state index in [-0.39, 0.29) is 12.3 Å². The predicted octanol–water partition coefficient (Wildman–Crippen LogP) is 2.71. The van der Waals surface area contributed by atoms with E-state index in [4.69, 9.17) is 9.84 Å². The third-order valence-electron chi connectivity index (χ3n) is 4.33. The summed E-state index contributed by atoms with van der Waals surface area (Å²) in [4.78, 5) is 24.8. The Balaban J connectivity index is 2.11. The molecule has 158 valence electrons. The number of thioether (sulfide) groups is 1. The first-order valence-corrected chi connectivity index (χ1v) is 10.6. The lowest BCUT2D eigenvalue weighted by molar-refractivity contribution is -0.138. The van der Waals surface area contributed by atoms with Gasteiger partial charge in [-0.1, -0.05) is 32.5 Å². The lowest BCUT2D eigenvalue weighted by Crippen LogP contribution is -2.26. The number of benzene rings is 1. The Kier molecular flexibility index (Phi) is 9.14. The molecule has 9 heteroatoms. The van der Waals surface area contributed by atoms with Crippen molar-refractivity contribution in [1.82, 2.24) is 10.2 Å². The van der Waals surface area contributed by atoms with Crippen LogP contribution >= 0.6 is 11.8 Å². The van der Waals surface area contributed by atoms with Crippen LogP contribution in [0.3, 0.4) is 0 Å². The molecule has 0 radical (unpaired) electrons. The maximum absolute atomic E-state index is 11.7. The van der Waals surface area contributed by atoms with E-state index in [1.807, 2.05) is 18.2 Å². The van der Waals surface area contributed by atoms with E-state index < -0.39 is 11.2 Å². The maximum Gasteiger partial charge on any atom is 0.305 e. The zero-order valence-corrected chi connectivity index (χ0v) is 17.9. The van der Waals surface area contributed by atoms with Gasteiger partial charge in [0.15, 0.2) is 5.17 Å². The van der Waals surface area contributed by atoms with Crippen molar-refractivity contribution in [2.24, 2.45) is 10.2 Å². The fourth-order valence-corrected chi connectivity index (χ4v) is 3.65. The molecule has 1 atom stereocenters. The van der Waals surface area contributed by atoms with Crippen LogP contribution in [0.25, 0.3) is 0 Å². The van der Waals surface area contributed by atoms with Crippen molar-refractivity contribution in [3.05, 3.63) is 29.3 Å². The topological polar surface area (TPSA) is 104 Å². The van der Waals surface area contributed by atoms with Crippen LogP contribution in [0.15, 0.2) is 28.4 Å². The van der Waals surface area contributed by atoms with Crippen molar-refractivity contribution >= 4 is 35.0 Å². The summed E-state index contributed by atoms with van der Waals surface area (Å²) in [7, 11) is 0. The van der Waals surface area contributed by atoms with E-state index in [0.717, 1.165) is 54.7 Å². The van der Waals surface area contributed by atoms with Gasteiger partial charge in [-0.05, 0) is 43.3 Å². The number of hydrogen-bond donors (Lipinski definition) is 2. The number of carbonyl (C=O) groups is 2. The second kappa shape index (κ2) is 11.6. The summed E-state index contributed by atoms with van der Waals surface area (Å²) in [6.45, 7) is 9.68. The van der Waals surface area contributed by atoms with Gasteiger partial charge in [0, 0.05) is 12.1 Å². The van der Waals surface area contributed by atoms with E-state index >= 15 is 0 Å². The van der Waals surface area contributed by atoms with Crippen LogP contribution in [0.5, 0.6) is 5.75 Å². The molecule has 1 amide bonds. The van der Waals surface area contributed by atoms with Gasteiger partial charge >= 0.3 is 5.97 Å². The summed E-state index contributed by atoms with van der Waals surface area (Å²) in [5, 5.41) is 19.1. The van der Waals surface area contributed by atoms with E-state index in [2.05, 4.69) is 41.2 Å². The minimum absolute atomic E-state index is 0.243. The molecule has 0 aromatic heterocycles. The van der Waals surface area contributed by atoms with E-state index in [9.17, 15) is 9.59 Å². The SMILES string of the molecule is CCCOc1ccc(C=NN=C2NC(=O)C(CC(=O)O)S2)cc1CN(CC)CC. The van der Waals surface area contributed by atoms with Gasteiger partial charge in [0.1, 0.15) is 11.0 Å². The number of carbonyl (C=O) groups excluding carboxylic acids is 1. The van der Waals surface area contributed by atoms with Crippen molar-refractivity contribution in [3.8, 4) is 5.75 Å². The molecular weight excluding hydrogens is 392 g/mol. The van der Waals surface area contributed by atoms with Gasteiger partial charge in [-0.15, -0.1) is 5.10 Å². The number of amides is 1. The first-order chi connectivity index (χ1) is 14.0. The van der Waals surface area contributed by atoms with Crippen molar-refractivity contribution in [2.45, 2.75) is 45.4 Å². The van der Waals surface area contributed by atoms with E-state index in [1.54, 1.807) is 6.21 Å². The molecule has 8 nitrogen and oxygen atoms in total. The minimum Gasteiger partial charge on any atom is -0.493 e. The van der Waals surface area contributed by atoms with Crippen molar-refractivity contribution in [1.29, 1.82) is 0 Å². The summed E-state index contributed by atoms with van der Waals surface area (Å²) < 4.78 is 5.87. The highest BCUT2D eigenvalue weighted by Crippen LogP contribution is 2.23. The molecule has 1 aromatic rings. The molecule has 0 saturated carbocycles. The third-order valence-corrected chi connectivity index (χ3v) is 5.40. The van der Waals surface area contributed by atoms with Crippen LogP contribution in [0, 0.1) is 0 Å². The Morgan fingerprint density at radius 3 is 2.76 bits per heavy atom. The molecule has 1 aliphatic rings. The molecule has 0 spiro atoms. The highest BCUT2D eigenvalue weighted by Gasteiger charge is 2.32. The largest absolute Gasteiger partial charge is 0.493 e. The van der Waals surface area contributed by atoms with Gasteiger partial charge in [-0.3, -0.25) is 14.5 Å². The quantitative estimate of drug-likeness (QED) is 0.421. The first kappa shape index (κ1) is 22.9. The summed E-state index contributed by atoms with van der Waals surface area (Å²) in [5.41, 5.74) is 1.96. The molecule has 1 unspecified atom stereocenters. The average molecular weight is 421 g/mol. The van der Waals surface area contributed by atoms with Crippen molar-refractivity contribution in [2.75, 3.05) is 19.7 Å². The van der Waals surface area contributed by atoms with Gasteiger partial charge in [-0.25, -0.2) is 0 Å². The van der Waals surface area contributed by atoms with Crippen LogP contribution in [0.4, 0.5) is 0 Å². The molecule has 1 fully saturated rings. The number of carboxylic acid groups (broad SMARTS) is 1. The smallest absolute Gasteiger partial charge is 0.305 e. The van der Waals surface area contributed by atoms with Crippen LogP contribution in [0.1, 0.15) is 44.7 Å². The second-order valence-electron chi connectivity index (χ2n) is 6.52. The zero-order valence-electron chi connectivity index (χ0n) is 17.1. The van der Waals surface area contributed by atoms with Gasteiger partial charge in [0.05, 0.1) is 19.2 Å². The Hall–Kier alpha value is -2.39. The third kappa shape index (κ3) is 7.17. The molecule has 1 saturated heterocycles. The second-order valence-corrected chi connectivity index (χ2v) is 7.71. The number of nitrogens with one attached hydrogen (secondary N) is 1. The van der Waals surface area contributed by atoms with Crippen LogP contribution in [-0.4, -0.2) is 58.2 Å². The van der Waals surface area contributed by atoms with Gasteiger partial charge in [-0.2, -0.15) is 5.10 Å². The lowest BCUT2D eigenvalue weighted by Gasteiger charge is -2.20. The Morgan fingerprint density at radius 1 is 1.34 bits per heavy atom. The monoisotopic (exact) mass is 420 g/mol. The number of ether oxygens (including phenoxy) is 1. The molecule has 0 bridgehead atoms. The summed E-state index contributed by atoms with van der Waals surface area (Å²) in [5.74, 6) is -0.504. The number of carboxylic acids is 1. The predicted molar refractivity (Wildman–Crippen MR) is 116 cm³/mol. The number of aliphatic carboxylic acids is 1. The molecule has 0 aliphatic carbocycles. The number of amidine groups is 1. The first-order valence-electron chi connectivity index (χ1n) is 9.75. The van der Waals surface area contributed by atoms with Crippen LogP contribution in [0.2, 0.25) is 0 Å². The Bertz CT molecular complexity index is 778. The zero-order chi connectivity index (χ0) is 21.2. The average Bonchev–Trinajstić information content (AvgIpc) is 3.03. The van der Waals surface area contributed by atoms with Crippen LogP contribution in [-0.2, 0) is 16.1 Å². The molecule has 2 rings (SSSR count). The summed E-state index contributed by atoms with van der Waals surface area (Å²) in [6.07, 6.45) is 2.31. The molecule has 1 aromatic carbocycles.